The fourth-order valence-corrected chi connectivity index (χ4v) is 2.20. The van der Waals surface area contributed by atoms with Gasteiger partial charge in [0.1, 0.15) is 0 Å². The number of benzene rings is 1. The van der Waals surface area contributed by atoms with Crippen molar-refractivity contribution in [3.05, 3.63) is 33.8 Å². The number of nitrogens with one attached hydrogen (secondary N) is 1. The summed E-state index contributed by atoms with van der Waals surface area (Å²) in [6.45, 7) is 2.22. The number of carbonyl (C=O) groups excluding carboxylic acids is 1. The lowest BCUT2D eigenvalue weighted by atomic mass is 10.1. The summed E-state index contributed by atoms with van der Waals surface area (Å²) in [5, 5.41) is 2.58. The van der Waals surface area contributed by atoms with Crippen molar-refractivity contribution in [3.63, 3.8) is 0 Å². The molecule has 1 atom stereocenters. The number of alkyl halides is 4. The Labute approximate surface area is 128 Å². The summed E-state index contributed by atoms with van der Waals surface area (Å²) in [6.07, 6.45) is -3.09. The Morgan fingerprint density at radius 3 is 2.65 bits per heavy atom. The molecule has 0 aliphatic rings. The van der Waals surface area contributed by atoms with E-state index in [1.54, 1.807) is 0 Å². The molecule has 0 bridgehead atoms. The van der Waals surface area contributed by atoms with Crippen LogP contribution in [0.4, 0.5) is 13.2 Å². The van der Waals surface area contributed by atoms with E-state index in [0.717, 1.165) is 12.5 Å². The molecule has 1 amide bonds. The van der Waals surface area contributed by atoms with E-state index in [-0.39, 0.29) is 15.4 Å². The third kappa shape index (κ3) is 5.32. The first-order valence-electron chi connectivity index (χ1n) is 6.01. The van der Waals surface area contributed by atoms with E-state index in [0.29, 0.717) is 13.0 Å². The summed E-state index contributed by atoms with van der Waals surface area (Å²) in [6, 6.07) is 3.40. The first kappa shape index (κ1) is 17.3. The second-order valence-electron chi connectivity index (χ2n) is 4.37. The molecule has 1 rings (SSSR count). The molecule has 1 aromatic rings. The van der Waals surface area contributed by atoms with Crippen molar-refractivity contribution in [2.75, 3.05) is 6.54 Å². The van der Waals surface area contributed by atoms with Crippen molar-refractivity contribution in [2.45, 2.75) is 31.3 Å². The van der Waals surface area contributed by atoms with Gasteiger partial charge in [-0.15, -0.1) is 11.6 Å². The summed E-state index contributed by atoms with van der Waals surface area (Å²) in [7, 11) is 0. The highest BCUT2D eigenvalue weighted by Gasteiger charge is 2.33. The average Bonchev–Trinajstić information content (AvgIpc) is 2.33. The van der Waals surface area contributed by atoms with Crippen molar-refractivity contribution in [1.82, 2.24) is 5.32 Å². The van der Waals surface area contributed by atoms with Gasteiger partial charge in [0.2, 0.25) is 0 Å². The van der Waals surface area contributed by atoms with Crippen LogP contribution in [0.3, 0.4) is 0 Å². The van der Waals surface area contributed by atoms with Crippen LogP contribution < -0.4 is 5.32 Å². The van der Waals surface area contributed by atoms with E-state index in [2.05, 4.69) is 21.2 Å². The lowest BCUT2D eigenvalue weighted by Crippen LogP contribution is -2.25. The molecule has 1 unspecified atom stereocenters. The minimum atomic E-state index is -4.50. The Morgan fingerprint density at radius 2 is 2.10 bits per heavy atom. The third-order valence-electron chi connectivity index (χ3n) is 2.60. The van der Waals surface area contributed by atoms with Gasteiger partial charge in [0, 0.05) is 22.0 Å². The Morgan fingerprint density at radius 1 is 1.45 bits per heavy atom. The summed E-state index contributed by atoms with van der Waals surface area (Å²) in [5.41, 5.74) is -0.876. The Bertz CT molecular complexity index is 477. The second kappa shape index (κ2) is 7.31. The quantitative estimate of drug-likeness (QED) is 0.594. The van der Waals surface area contributed by atoms with Crippen molar-refractivity contribution in [2.24, 2.45) is 0 Å². The molecule has 7 heteroatoms. The first-order chi connectivity index (χ1) is 9.21. The highest BCUT2D eigenvalue weighted by Crippen LogP contribution is 2.35. The molecule has 0 radical (unpaired) electrons. The molecule has 0 aromatic heterocycles. The molecule has 1 N–H and O–H groups in total. The van der Waals surface area contributed by atoms with Crippen LogP contribution in [-0.4, -0.2) is 17.8 Å². The topological polar surface area (TPSA) is 29.1 Å². The largest absolute Gasteiger partial charge is 0.417 e. The molecule has 0 aliphatic carbocycles. The molecule has 0 fully saturated rings. The molecule has 0 spiro atoms. The van der Waals surface area contributed by atoms with Gasteiger partial charge in [-0.2, -0.15) is 13.2 Å². The summed E-state index contributed by atoms with van der Waals surface area (Å²) in [4.78, 5) is 11.8. The van der Waals surface area contributed by atoms with Crippen molar-refractivity contribution < 1.29 is 18.0 Å². The van der Waals surface area contributed by atoms with Gasteiger partial charge < -0.3 is 5.32 Å². The normalized spacial score (nSPS) is 13.1. The number of amides is 1. The van der Waals surface area contributed by atoms with Crippen LogP contribution in [0, 0.1) is 0 Å². The highest BCUT2D eigenvalue weighted by atomic mass is 79.9. The Kier molecular flexibility index (Phi) is 6.33. The minimum absolute atomic E-state index is 0.0106. The van der Waals surface area contributed by atoms with Crippen molar-refractivity contribution >= 4 is 33.4 Å². The smallest absolute Gasteiger partial charge is 0.352 e. The van der Waals surface area contributed by atoms with Gasteiger partial charge in [0.05, 0.1) is 5.56 Å². The van der Waals surface area contributed by atoms with Crippen LogP contribution in [0.25, 0.3) is 0 Å². The number of hydrogen-bond donors (Lipinski definition) is 1. The fraction of sp³-hybridized carbons (Fsp3) is 0.462. The minimum Gasteiger partial charge on any atom is -0.352 e. The van der Waals surface area contributed by atoms with Crippen LogP contribution in [0.1, 0.15) is 35.7 Å². The lowest BCUT2D eigenvalue weighted by molar-refractivity contribution is -0.138. The molecule has 0 aliphatic heterocycles. The van der Waals surface area contributed by atoms with Gasteiger partial charge in [-0.1, -0.05) is 15.9 Å². The monoisotopic (exact) mass is 371 g/mol. The van der Waals surface area contributed by atoms with Gasteiger partial charge >= 0.3 is 6.18 Å². The maximum absolute atomic E-state index is 12.7. The Balaban J connectivity index is 2.70. The number of halogens is 5. The fourth-order valence-electron chi connectivity index (χ4n) is 1.57. The van der Waals surface area contributed by atoms with Gasteiger partial charge in [-0.05, 0) is 38.0 Å². The average molecular weight is 373 g/mol. The molecule has 2 nitrogen and oxygen atoms in total. The molecular weight excluding hydrogens is 358 g/mol. The van der Waals surface area contributed by atoms with Crippen LogP contribution in [0.2, 0.25) is 0 Å². The van der Waals surface area contributed by atoms with Crippen LogP contribution in [0.5, 0.6) is 0 Å². The highest BCUT2D eigenvalue weighted by molar-refractivity contribution is 9.10. The zero-order valence-corrected chi connectivity index (χ0v) is 13.1. The zero-order chi connectivity index (χ0) is 15.3. The van der Waals surface area contributed by atoms with E-state index in [1.165, 1.54) is 12.1 Å². The van der Waals surface area contributed by atoms with Gasteiger partial charge in [0.15, 0.2) is 0 Å². The van der Waals surface area contributed by atoms with Gasteiger partial charge in [0.25, 0.3) is 5.91 Å². The molecule has 0 saturated heterocycles. The lowest BCUT2D eigenvalue weighted by Gasteiger charge is -2.11. The predicted molar refractivity (Wildman–Crippen MR) is 76.0 cm³/mol. The number of carbonyl (C=O) groups is 1. The van der Waals surface area contributed by atoms with Crippen LogP contribution >= 0.6 is 27.5 Å². The molecule has 0 heterocycles. The van der Waals surface area contributed by atoms with E-state index in [1.807, 2.05) is 6.92 Å². The second-order valence-corrected chi connectivity index (χ2v) is 5.97. The van der Waals surface area contributed by atoms with E-state index >= 15 is 0 Å². The molecule has 112 valence electrons. The number of rotatable bonds is 5. The maximum atomic E-state index is 12.7. The first-order valence-corrected chi connectivity index (χ1v) is 7.23. The van der Waals surface area contributed by atoms with E-state index in [9.17, 15) is 18.0 Å². The standard InChI is InChI=1S/C13H14BrClF3NO/c1-8(15)3-2-6-19-12(20)9-4-5-11(14)10(7-9)13(16,17)18/h4-5,7-8H,2-3,6H2,1H3,(H,19,20). The van der Waals surface area contributed by atoms with Crippen molar-refractivity contribution in [3.8, 4) is 0 Å². The zero-order valence-electron chi connectivity index (χ0n) is 10.7. The number of hydrogen-bond acceptors (Lipinski definition) is 1. The SMILES string of the molecule is CC(Cl)CCCNC(=O)c1ccc(Br)c(C(F)(F)F)c1. The van der Waals surface area contributed by atoms with Crippen molar-refractivity contribution in [1.29, 1.82) is 0 Å². The third-order valence-corrected chi connectivity index (χ3v) is 3.51. The predicted octanol–water partition coefficient (Wildman–Crippen LogP) is 4.61. The molecular formula is C13H14BrClF3NO. The molecule has 0 saturated carbocycles. The van der Waals surface area contributed by atoms with Crippen LogP contribution in [0.15, 0.2) is 22.7 Å². The summed E-state index contributed by atoms with van der Waals surface area (Å²) >= 11 is 8.58. The van der Waals surface area contributed by atoms with Gasteiger partial charge in [-0.25, -0.2) is 0 Å². The maximum Gasteiger partial charge on any atom is 0.417 e. The van der Waals surface area contributed by atoms with E-state index in [4.69, 9.17) is 11.6 Å². The molecule has 1 aromatic carbocycles. The Hall–Kier alpha value is -0.750. The van der Waals surface area contributed by atoms with E-state index < -0.39 is 17.6 Å². The summed E-state index contributed by atoms with van der Waals surface area (Å²) in [5.74, 6) is -0.523. The van der Waals surface area contributed by atoms with Gasteiger partial charge in [-0.3, -0.25) is 4.79 Å². The molecule has 20 heavy (non-hydrogen) atoms. The summed E-state index contributed by atoms with van der Waals surface area (Å²) < 4.78 is 38.0. The van der Waals surface area contributed by atoms with Crippen LogP contribution in [-0.2, 0) is 6.18 Å².